The summed E-state index contributed by atoms with van der Waals surface area (Å²) in [5.41, 5.74) is 3.00. The maximum absolute atomic E-state index is 4.08. The van der Waals surface area contributed by atoms with Gasteiger partial charge in [-0.2, -0.15) is 15.0 Å². The van der Waals surface area contributed by atoms with Crippen molar-refractivity contribution in [2.24, 2.45) is 0 Å². The van der Waals surface area contributed by atoms with E-state index in [0.717, 1.165) is 16.9 Å². The molecule has 6 nitrogen and oxygen atoms in total. The first-order valence-corrected chi connectivity index (χ1v) is 5.86. The summed E-state index contributed by atoms with van der Waals surface area (Å²) in [6, 6.07) is 7.90. The van der Waals surface area contributed by atoms with E-state index in [1.165, 1.54) is 6.33 Å². The number of rotatable bonds is 4. The van der Waals surface area contributed by atoms with Crippen molar-refractivity contribution in [3.8, 4) is 5.69 Å². The molecule has 0 aliphatic rings. The number of aromatic nitrogens is 5. The van der Waals surface area contributed by atoms with E-state index >= 15 is 0 Å². The number of nitrogens with zero attached hydrogens (tertiary/aromatic N) is 5. The van der Waals surface area contributed by atoms with Crippen molar-refractivity contribution in [3.05, 3.63) is 60.9 Å². The first kappa shape index (κ1) is 11.3. The third-order valence-electron chi connectivity index (χ3n) is 2.63. The molecule has 3 aromatic rings. The predicted molar refractivity (Wildman–Crippen MR) is 70.7 cm³/mol. The van der Waals surface area contributed by atoms with E-state index in [1.807, 2.05) is 24.3 Å². The van der Waals surface area contributed by atoms with Crippen LogP contribution in [0.1, 0.15) is 5.56 Å². The number of nitrogens with one attached hydrogen (secondary N) is 1. The molecule has 94 valence electrons. The maximum Gasteiger partial charge on any atom is 0.115 e. The highest BCUT2D eigenvalue weighted by atomic mass is 15.5. The minimum Gasteiger partial charge on any atom is -0.381 e. The Morgan fingerprint density at radius 2 is 1.63 bits per heavy atom. The molecule has 19 heavy (non-hydrogen) atoms. The lowest BCUT2D eigenvalue weighted by Gasteiger charge is -2.06. The van der Waals surface area contributed by atoms with Crippen molar-refractivity contribution in [3.63, 3.8) is 0 Å². The van der Waals surface area contributed by atoms with Gasteiger partial charge in [0.15, 0.2) is 0 Å². The fraction of sp³-hybridized carbons (Fsp3) is 0.0769. The zero-order valence-corrected chi connectivity index (χ0v) is 10.1. The highest BCUT2D eigenvalue weighted by Crippen LogP contribution is 2.12. The summed E-state index contributed by atoms with van der Waals surface area (Å²) in [4.78, 5) is 9.53. The van der Waals surface area contributed by atoms with E-state index in [2.05, 4.69) is 25.5 Å². The molecule has 0 atom stereocenters. The van der Waals surface area contributed by atoms with Gasteiger partial charge in [0, 0.05) is 30.2 Å². The molecule has 6 heteroatoms. The van der Waals surface area contributed by atoms with Gasteiger partial charge in [-0.3, -0.25) is 0 Å². The molecule has 2 heterocycles. The average Bonchev–Trinajstić information content (AvgIpc) is 3.01. The Morgan fingerprint density at radius 1 is 0.947 bits per heavy atom. The molecule has 1 N–H and O–H groups in total. The molecule has 0 bridgehead atoms. The monoisotopic (exact) mass is 252 g/mol. The Labute approximate surface area is 110 Å². The molecule has 0 aliphatic heterocycles. The molecular weight excluding hydrogens is 240 g/mol. The average molecular weight is 252 g/mol. The van der Waals surface area contributed by atoms with Gasteiger partial charge in [-0.25, -0.2) is 9.97 Å². The van der Waals surface area contributed by atoms with Crippen LogP contribution in [-0.2, 0) is 6.54 Å². The fourth-order valence-electron chi connectivity index (χ4n) is 1.69. The molecule has 0 saturated carbocycles. The van der Waals surface area contributed by atoms with Crippen LogP contribution in [0, 0.1) is 0 Å². The molecule has 0 saturated heterocycles. The summed E-state index contributed by atoms with van der Waals surface area (Å²) >= 11 is 0. The summed E-state index contributed by atoms with van der Waals surface area (Å²) in [6.07, 6.45) is 8.42. The summed E-state index contributed by atoms with van der Waals surface area (Å²) < 4.78 is 0. The summed E-state index contributed by atoms with van der Waals surface area (Å²) in [6.45, 7) is 0.695. The molecule has 3 rings (SSSR count). The largest absolute Gasteiger partial charge is 0.381 e. The highest BCUT2D eigenvalue weighted by Gasteiger charge is 1.98. The lowest BCUT2D eigenvalue weighted by molar-refractivity contribution is 0.752. The Kier molecular flexibility index (Phi) is 3.14. The van der Waals surface area contributed by atoms with Crippen molar-refractivity contribution < 1.29 is 0 Å². The predicted octanol–water partition coefficient (Wildman–Crippen LogP) is 1.67. The Bertz CT molecular complexity index is 618. The molecule has 1 aromatic carbocycles. The minimum atomic E-state index is 0.695. The van der Waals surface area contributed by atoms with Gasteiger partial charge in [0.1, 0.15) is 6.33 Å². The maximum atomic E-state index is 4.08. The SMILES string of the molecule is c1ncc(CNc2ccc(-n3nccn3)cc2)cn1. The second-order valence-electron chi connectivity index (χ2n) is 3.97. The highest BCUT2D eigenvalue weighted by molar-refractivity contribution is 5.48. The van der Waals surface area contributed by atoms with Gasteiger partial charge >= 0.3 is 0 Å². The van der Waals surface area contributed by atoms with Gasteiger partial charge < -0.3 is 5.32 Å². The van der Waals surface area contributed by atoms with Gasteiger partial charge in [0.05, 0.1) is 18.1 Å². The number of hydrogen-bond acceptors (Lipinski definition) is 5. The number of benzene rings is 1. The second-order valence-corrected chi connectivity index (χ2v) is 3.97. The van der Waals surface area contributed by atoms with Gasteiger partial charge in [0.2, 0.25) is 0 Å². The lowest BCUT2D eigenvalue weighted by atomic mass is 10.2. The van der Waals surface area contributed by atoms with E-state index in [1.54, 1.807) is 29.6 Å². The summed E-state index contributed by atoms with van der Waals surface area (Å²) in [7, 11) is 0. The van der Waals surface area contributed by atoms with Crippen molar-refractivity contribution in [1.82, 2.24) is 25.0 Å². The van der Waals surface area contributed by atoms with Gasteiger partial charge in [-0.15, -0.1) is 0 Å². The first-order chi connectivity index (χ1) is 9.42. The fourth-order valence-corrected chi connectivity index (χ4v) is 1.69. The van der Waals surface area contributed by atoms with Crippen LogP contribution in [-0.4, -0.2) is 25.0 Å². The smallest absolute Gasteiger partial charge is 0.115 e. The minimum absolute atomic E-state index is 0.695. The van der Waals surface area contributed by atoms with E-state index in [4.69, 9.17) is 0 Å². The van der Waals surface area contributed by atoms with Crippen molar-refractivity contribution >= 4 is 5.69 Å². The zero-order valence-electron chi connectivity index (χ0n) is 10.1. The normalized spacial score (nSPS) is 10.3. The van der Waals surface area contributed by atoms with Crippen molar-refractivity contribution in [1.29, 1.82) is 0 Å². The first-order valence-electron chi connectivity index (χ1n) is 5.86. The zero-order chi connectivity index (χ0) is 12.9. The lowest BCUT2D eigenvalue weighted by Crippen LogP contribution is -2.01. The van der Waals surface area contributed by atoms with Crippen LogP contribution in [0.3, 0.4) is 0 Å². The van der Waals surface area contributed by atoms with E-state index < -0.39 is 0 Å². The molecular formula is C13H12N6. The van der Waals surface area contributed by atoms with Crippen molar-refractivity contribution in [2.75, 3.05) is 5.32 Å². The standard InChI is InChI=1S/C13H12N6/c1-3-13(19-17-5-6-18-19)4-2-12(1)16-9-11-7-14-10-15-8-11/h1-8,10,16H,9H2. The van der Waals surface area contributed by atoms with E-state index in [9.17, 15) is 0 Å². The van der Waals surface area contributed by atoms with Crippen LogP contribution in [0.25, 0.3) is 5.69 Å². The molecule has 0 amide bonds. The summed E-state index contributed by atoms with van der Waals surface area (Å²) in [5.74, 6) is 0. The third-order valence-corrected chi connectivity index (χ3v) is 2.63. The van der Waals surface area contributed by atoms with Gasteiger partial charge in [-0.05, 0) is 24.3 Å². The van der Waals surface area contributed by atoms with Crippen LogP contribution in [0.15, 0.2) is 55.4 Å². The molecule has 0 unspecified atom stereocenters. The van der Waals surface area contributed by atoms with Crippen LogP contribution in [0.5, 0.6) is 0 Å². The quantitative estimate of drug-likeness (QED) is 0.765. The van der Waals surface area contributed by atoms with Crippen LogP contribution in [0.2, 0.25) is 0 Å². The van der Waals surface area contributed by atoms with E-state index in [0.29, 0.717) is 6.54 Å². The van der Waals surface area contributed by atoms with Crippen LogP contribution in [0.4, 0.5) is 5.69 Å². The second kappa shape index (κ2) is 5.26. The number of hydrogen-bond donors (Lipinski definition) is 1. The molecule has 2 aromatic heterocycles. The van der Waals surface area contributed by atoms with Gasteiger partial charge in [-0.1, -0.05) is 0 Å². The Hall–Kier alpha value is -2.76. The van der Waals surface area contributed by atoms with Crippen molar-refractivity contribution in [2.45, 2.75) is 6.54 Å². The van der Waals surface area contributed by atoms with Crippen LogP contribution >= 0.6 is 0 Å². The molecule has 0 aliphatic carbocycles. The number of anilines is 1. The Morgan fingerprint density at radius 3 is 2.32 bits per heavy atom. The third kappa shape index (κ3) is 2.74. The van der Waals surface area contributed by atoms with Crippen LogP contribution < -0.4 is 5.32 Å². The van der Waals surface area contributed by atoms with Gasteiger partial charge in [0.25, 0.3) is 0 Å². The Balaban J connectivity index is 1.67. The topological polar surface area (TPSA) is 68.5 Å². The molecule has 0 radical (unpaired) electrons. The van der Waals surface area contributed by atoms with E-state index in [-0.39, 0.29) is 0 Å². The summed E-state index contributed by atoms with van der Waals surface area (Å²) in [5, 5.41) is 11.5. The molecule has 0 fully saturated rings. The molecule has 0 spiro atoms.